The van der Waals surface area contributed by atoms with Crippen molar-refractivity contribution in [1.29, 1.82) is 0 Å². The zero-order valence-electron chi connectivity index (χ0n) is 13.6. The summed E-state index contributed by atoms with van der Waals surface area (Å²) in [5.41, 5.74) is 0.707. The minimum atomic E-state index is -3.69. The van der Waals surface area contributed by atoms with Gasteiger partial charge in [0.2, 0.25) is 10.0 Å². The van der Waals surface area contributed by atoms with Crippen molar-refractivity contribution < 1.29 is 17.9 Å². The first-order chi connectivity index (χ1) is 11.5. The molecular formula is C17H20ClNO4S. The van der Waals surface area contributed by atoms with Crippen molar-refractivity contribution in [2.24, 2.45) is 0 Å². The zero-order valence-corrected chi connectivity index (χ0v) is 15.2. The number of rotatable bonds is 8. The lowest BCUT2D eigenvalue weighted by Gasteiger charge is -2.13. The van der Waals surface area contributed by atoms with Crippen LogP contribution in [0.15, 0.2) is 47.4 Å². The maximum absolute atomic E-state index is 12.5. The Morgan fingerprint density at radius 1 is 1.00 bits per heavy atom. The van der Waals surface area contributed by atoms with Crippen LogP contribution >= 0.6 is 11.6 Å². The summed E-state index contributed by atoms with van der Waals surface area (Å²) in [7, 11) is -3.69. The van der Waals surface area contributed by atoms with E-state index in [1.54, 1.807) is 30.3 Å². The second-order valence-electron chi connectivity index (χ2n) is 4.89. The summed E-state index contributed by atoms with van der Waals surface area (Å²) in [6.07, 6.45) is 0. The number of ether oxygens (including phenoxy) is 2. The highest BCUT2D eigenvalue weighted by molar-refractivity contribution is 7.89. The molecule has 1 N–H and O–H groups in total. The van der Waals surface area contributed by atoms with E-state index in [4.69, 9.17) is 21.1 Å². The van der Waals surface area contributed by atoms with Gasteiger partial charge in [0, 0.05) is 17.6 Å². The maximum atomic E-state index is 12.5. The highest BCUT2D eigenvalue weighted by atomic mass is 35.5. The number of sulfonamides is 1. The van der Waals surface area contributed by atoms with Gasteiger partial charge in [-0.25, -0.2) is 13.1 Å². The van der Waals surface area contributed by atoms with Crippen molar-refractivity contribution in [2.75, 3.05) is 13.2 Å². The van der Waals surface area contributed by atoms with E-state index >= 15 is 0 Å². The molecule has 0 spiro atoms. The topological polar surface area (TPSA) is 64.6 Å². The molecule has 0 radical (unpaired) electrons. The lowest BCUT2D eigenvalue weighted by atomic mass is 10.2. The largest absolute Gasteiger partial charge is 0.490 e. The molecule has 24 heavy (non-hydrogen) atoms. The molecule has 0 saturated heterocycles. The molecular weight excluding hydrogens is 350 g/mol. The van der Waals surface area contributed by atoms with Crippen LogP contribution in [0.1, 0.15) is 19.4 Å². The minimum absolute atomic E-state index is 0.110. The van der Waals surface area contributed by atoms with Gasteiger partial charge in [0.25, 0.3) is 0 Å². The lowest BCUT2D eigenvalue weighted by molar-refractivity contribution is 0.287. The number of hydrogen-bond donors (Lipinski definition) is 1. The lowest BCUT2D eigenvalue weighted by Crippen LogP contribution is -2.23. The molecule has 0 unspecified atom stereocenters. The van der Waals surface area contributed by atoms with Crippen molar-refractivity contribution in [1.82, 2.24) is 4.72 Å². The summed E-state index contributed by atoms with van der Waals surface area (Å²) in [4.78, 5) is 0.112. The molecule has 0 aliphatic carbocycles. The van der Waals surface area contributed by atoms with Gasteiger partial charge < -0.3 is 9.47 Å². The smallest absolute Gasteiger partial charge is 0.241 e. The molecule has 0 aliphatic rings. The van der Waals surface area contributed by atoms with Crippen LogP contribution in [-0.2, 0) is 16.6 Å². The average molecular weight is 370 g/mol. The van der Waals surface area contributed by atoms with E-state index in [1.165, 1.54) is 12.1 Å². The van der Waals surface area contributed by atoms with E-state index in [-0.39, 0.29) is 11.4 Å². The molecule has 0 bridgehead atoms. The average Bonchev–Trinajstić information content (AvgIpc) is 2.56. The Hall–Kier alpha value is -1.76. The highest BCUT2D eigenvalue weighted by Gasteiger charge is 2.17. The number of benzene rings is 2. The Morgan fingerprint density at radius 3 is 2.33 bits per heavy atom. The van der Waals surface area contributed by atoms with E-state index in [9.17, 15) is 8.42 Å². The summed E-state index contributed by atoms with van der Waals surface area (Å²) in [5.74, 6) is 0.921. The normalized spacial score (nSPS) is 11.3. The van der Waals surface area contributed by atoms with E-state index < -0.39 is 10.0 Å². The van der Waals surface area contributed by atoms with Gasteiger partial charge in [0.1, 0.15) is 0 Å². The van der Waals surface area contributed by atoms with Gasteiger partial charge in [-0.2, -0.15) is 0 Å². The summed E-state index contributed by atoms with van der Waals surface area (Å²) in [6.45, 7) is 4.67. The van der Waals surface area contributed by atoms with Crippen LogP contribution in [-0.4, -0.2) is 21.6 Å². The van der Waals surface area contributed by atoms with Crippen LogP contribution in [0.4, 0.5) is 0 Å². The molecule has 2 rings (SSSR count). The van der Waals surface area contributed by atoms with Gasteiger partial charge in [0.15, 0.2) is 11.5 Å². The Bertz CT molecular complexity index is 793. The molecule has 2 aromatic carbocycles. The predicted molar refractivity (Wildman–Crippen MR) is 94.3 cm³/mol. The van der Waals surface area contributed by atoms with Gasteiger partial charge in [-0.15, -0.1) is 0 Å². The minimum Gasteiger partial charge on any atom is -0.490 e. The molecule has 5 nitrogen and oxygen atoms in total. The molecule has 0 fully saturated rings. The molecule has 0 amide bonds. The van der Waals surface area contributed by atoms with Gasteiger partial charge in [-0.3, -0.25) is 0 Å². The molecule has 0 aliphatic heterocycles. The molecule has 7 heteroatoms. The Morgan fingerprint density at radius 2 is 1.67 bits per heavy atom. The van der Waals surface area contributed by atoms with E-state index in [0.717, 1.165) is 0 Å². The number of halogens is 1. The first-order valence-corrected chi connectivity index (χ1v) is 9.46. The van der Waals surface area contributed by atoms with E-state index in [0.29, 0.717) is 35.3 Å². The standard InChI is InChI=1S/C17H20ClNO4S/c1-3-22-16-10-9-14(11-17(16)23-4-2)24(20,21)19-12-13-7-5-6-8-15(13)18/h5-11,19H,3-4,12H2,1-2H3. The molecule has 130 valence electrons. The third-order valence-electron chi connectivity index (χ3n) is 3.24. The van der Waals surface area contributed by atoms with Gasteiger partial charge in [-0.1, -0.05) is 29.8 Å². The predicted octanol–water partition coefficient (Wildman–Crippen LogP) is 3.62. The summed E-state index contributed by atoms with van der Waals surface area (Å²) < 4.78 is 38.4. The summed E-state index contributed by atoms with van der Waals surface area (Å²) in [6, 6.07) is 11.6. The van der Waals surface area contributed by atoms with Crippen LogP contribution in [0.5, 0.6) is 11.5 Å². The highest BCUT2D eigenvalue weighted by Crippen LogP contribution is 2.30. The Balaban J connectivity index is 2.22. The van der Waals surface area contributed by atoms with Crippen LogP contribution in [0.25, 0.3) is 0 Å². The van der Waals surface area contributed by atoms with Crippen LogP contribution in [0.2, 0.25) is 5.02 Å². The van der Waals surface area contributed by atoms with E-state index in [1.807, 2.05) is 13.8 Å². The van der Waals surface area contributed by atoms with Crippen molar-refractivity contribution in [3.8, 4) is 11.5 Å². The fourth-order valence-corrected chi connectivity index (χ4v) is 3.32. The number of nitrogens with one attached hydrogen (secondary N) is 1. The van der Waals surface area contributed by atoms with Gasteiger partial charge in [-0.05, 0) is 37.6 Å². The Labute approximate surface area is 147 Å². The van der Waals surface area contributed by atoms with Crippen LogP contribution < -0.4 is 14.2 Å². The third kappa shape index (κ3) is 4.63. The maximum Gasteiger partial charge on any atom is 0.241 e. The van der Waals surface area contributed by atoms with E-state index in [2.05, 4.69) is 4.72 Å². The number of hydrogen-bond acceptors (Lipinski definition) is 4. The van der Waals surface area contributed by atoms with Crippen molar-refractivity contribution in [3.63, 3.8) is 0 Å². The fraction of sp³-hybridized carbons (Fsp3) is 0.294. The fourth-order valence-electron chi connectivity index (χ4n) is 2.10. The first-order valence-electron chi connectivity index (χ1n) is 7.60. The van der Waals surface area contributed by atoms with Crippen LogP contribution in [0, 0.1) is 0 Å². The molecule has 2 aromatic rings. The Kier molecular flexibility index (Phi) is 6.48. The molecule has 0 heterocycles. The van der Waals surface area contributed by atoms with Gasteiger partial charge >= 0.3 is 0 Å². The van der Waals surface area contributed by atoms with Crippen molar-refractivity contribution in [2.45, 2.75) is 25.3 Å². The zero-order chi connectivity index (χ0) is 17.6. The quantitative estimate of drug-likeness (QED) is 0.771. The van der Waals surface area contributed by atoms with Crippen molar-refractivity contribution in [3.05, 3.63) is 53.1 Å². The van der Waals surface area contributed by atoms with Crippen molar-refractivity contribution >= 4 is 21.6 Å². The first kappa shape index (κ1) is 18.6. The monoisotopic (exact) mass is 369 g/mol. The molecule has 0 saturated carbocycles. The summed E-state index contributed by atoms with van der Waals surface area (Å²) in [5, 5.41) is 0.516. The molecule has 0 aromatic heterocycles. The second-order valence-corrected chi connectivity index (χ2v) is 7.06. The second kappa shape index (κ2) is 8.37. The third-order valence-corrected chi connectivity index (χ3v) is 5.00. The van der Waals surface area contributed by atoms with Crippen LogP contribution in [0.3, 0.4) is 0 Å². The molecule has 0 atom stereocenters. The summed E-state index contributed by atoms with van der Waals surface area (Å²) >= 11 is 6.05. The SMILES string of the molecule is CCOc1ccc(S(=O)(=O)NCc2ccccc2Cl)cc1OCC. The van der Waals surface area contributed by atoms with Gasteiger partial charge in [0.05, 0.1) is 18.1 Å².